The minimum absolute atomic E-state index is 0.206. The van der Waals surface area contributed by atoms with E-state index in [1.54, 1.807) is 13.3 Å². The first-order valence-electron chi connectivity index (χ1n) is 6.12. The van der Waals surface area contributed by atoms with E-state index >= 15 is 0 Å². The number of methoxy groups -OCH3 is 1. The molecule has 0 saturated carbocycles. The molecule has 0 spiro atoms. The van der Waals surface area contributed by atoms with Crippen molar-refractivity contribution in [3.8, 4) is 11.5 Å². The summed E-state index contributed by atoms with van der Waals surface area (Å²) in [7, 11) is 1.59. The monoisotopic (exact) mass is 262 g/mol. The van der Waals surface area contributed by atoms with Crippen LogP contribution in [0.15, 0.2) is 36.7 Å². The highest BCUT2D eigenvalue weighted by Gasteiger charge is 2.10. The Balaban J connectivity index is 1.90. The third kappa shape index (κ3) is 3.48. The lowest BCUT2D eigenvalue weighted by molar-refractivity contribution is 0.0905. The van der Waals surface area contributed by atoms with Crippen molar-refractivity contribution in [2.45, 2.75) is 19.6 Å². The molecule has 0 aliphatic heterocycles. The predicted octanol–water partition coefficient (Wildman–Crippen LogP) is 1.64. The molecule has 0 unspecified atom stereocenters. The van der Waals surface area contributed by atoms with Gasteiger partial charge < -0.3 is 19.1 Å². The van der Waals surface area contributed by atoms with E-state index in [0.29, 0.717) is 18.0 Å². The van der Waals surface area contributed by atoms with Gasteiger partial charge >= 0.3 is 0 Å². The van der Waals surface area contributed by atoms with Gasteiger partial charge in [0.05, 0.1) is 13.7 Å². The van der Waals surface area contributed by atoms with Gasteiger partial charge in [-0.25, -0.2) is 4.98 Å². The highest BCUT2D eigenvalue weighted by atomic mass is 16.5. The number of hydrogen-bond donors (Lipinski definition) is 1. The maximum Gasteiger partial charge on any atom is 0.161 e. The molecule has 5 nitrogen and oxygen atoms in total. The molecule has 1 aromatic carbocycles. The van der Waals surface area contributed by atoms with Crippen LogP contribution in [0.25, 0.3) is 0 Å². The van der Waals surface area contributed by atoms with Crippen molar-refractivity contribution in [2.24, 2.45) is 0 Å². The molecular formula is C14H18N2O3. The van der Waals surface area contributed by atoms with Crippen molar-refractivity contribution < 1.29 is 14.6 Å². The third-order valence-corrected chi connectivity index (χ3v) is 2.83. The standard InChI is InChI=1S/C14H18N2O3/c1-11-15-7-8-16(11)9-12(17)10-19-14-6-4-3-5-13(14)18-2/h3-8,12,17H,9-10H2,1-2H3/t12-/m1/s1. The average Bonchev–Trinajstić information content (AvgIpc) is 2.82. The van der Waals surface area contributed by atoms with E-state index in [2.05, 4.69) is 4.98 Å². The highest BCUT2D eigenvalue weighted by molar-refractivity contribution is 5.39. The first kappa shape index (κ1) is 13.4. The van der Waals surface area contributed by atoms with Crippen LogP contribution in [0.1, 0.15) is 5.82 Å². The van der Waals surface area contributed by atoms with E-state index in [1.807, 2.05) is 42.0 Å². The summed E-state index contributed by atoms with van der Waals surface area (Å²) in [4.78, 5) is 4.11. The molecule has 0 radical (unpaired) electrons. The van der Waals surface area contributed by atoms with Gasteiger partial charge in [0.2, 0.25) is 0 Å². The maximum absolute atomic E-state index is 9.96. The van der Waals surface area contributed by atoms with Crippen LogP contribution in [0.2, 0.25) is 0 Å². The zero-order chi connectivity index (χ0) is 13.7. The summed E-state index contributed by atoms with van der Waals surface area (Å²) in [5.74, 6) is 2.16. The molecule has 0 fully saturated rings. The second-order valence-corrected chi connectivity index (χ2v) is 4.24. The fraction of sp³-hybridized carbons (Fsp3) is 0.357. The van der Waals surface area contributed by atoms with Crippen molar-refractivity contribution in [1.29, 1.82) is 0 Å². The zero-order valence-corrected chi connectivity index (χ0v) is 11.1. The number of ether oxygens (including phenoxy) is 2. The Hall–Kier alpha value is -2.01. The van der Waals surface area contributed by atoms with Crippen molar-refractivity contribution >= 4 is 0 Å². The third-order valence-electron chi connectivity index (χ3n) is 2.83. The number of imidazole rings is 1. The van der Waals surface area contributed by atoms with Gasteiger partial charge in [0.15, 0.2) is 11.5 Å². The Labute approximate surface area is 112 Å². The molecule has 0 bridgehead atoms. The van der Waals surface area contributed by atoms with Crippen LogP contribution in [0, 0.1) is 6.92 Å². The summed E-state index contributed by atoms with van der Waals surface area (Å²) < 4.78 is 12.6. The Morgan fingerprint density at radius 2 is 2.05 bits per heavy atom. The van der Waals surface area contributed by atoms with Gasteiger partial charge in [-0.15, -0.1) is 0 Å². The molecule has 0 saturated heterocycles. The van der Waals surface area contributed by atoms with Crippen LogP contribution in [-0.2, 0) is 6.54 Å². The Bertz CT molecular complexity index is 525. The van der Waals surface area contributed by atoms with Crippen LogP contribution in [0.4, 0.5) is 0 Å². The van der Waals surface area contributed by atoms with Crippen molar-refractivity contribution in [2.75, 3.05) is 13.7 Å². The number of rotatable bonds is 6. The van der Waals surface area contributed by atoms with Gasteiger partial charge in [-0.05, 0) is 19.1 Å². The minimum atomic E-state index is -0.599. The molecule has 2 aromatic rings. The number of benzene rings is 1. The lowest BCUT2D eigenvalue weighted by atomic mass is 10.3. The maximum atomic E-state index is 9.96. The topological polar surface area (TPSA) is 56.5 Å². The number of aryl methyl sites for hydroxylation is 1. The van der Waals surface area contributed by atoms with Crippen LogP contribution in [0.3, 0.4) is 0 Å². The first-order valence-corrected chi connectivity index (χ1v) is 6.12. The van der Waals surface area contributed by atoms with Crippen LogP contribution in [0.5, 0.6) is 11.5 Å². The molecule has 102 valence electrons. The number of para-hydroxylation sites is 2. The minimum Gasteiger partial charge on any atom is -0.493 e. The lowest BCUT2D eigenvalue weighted by Crippen LogP contribution is -2.24. The molecule has 1 aromatic heterocycles. The van der Waals surface area contributed by atoms with Gasteiger partial charge in [-0.2, -0.15) is 0 Å². The largest absolute Gasteiger partial charge is 0.493 e. The van der Waals surface area contributed by atoms with Crippen LogP contribution >= 0.6 is 0 Å². The quantitative estimate of drug-likeness (QED) is 0.860. The summed E-state index contributed by atoms with van der Waals surface area (Å²) in [6.45, 7) is 2.56. The van der Waals surface area contributed by atoms with E-state index in [9.17, 15) is 5.11 Å². The van der Waals surface area contributed by atoms with Crippen molar-refractivity contribution in [3.63, 3.8) is 0 Å². The van der Waals surface area contributed by atoms with Gasteiger partial charge in [0, 0.05) is 12.4 Å². The smallest absolute Gasteiger partial charge is 0.161 e. The number of hydrogen-bond acceptors (Lipinski definition) is 4. The first-order chi connectivity index (χ1) is 9.20. The molecule has 19 heavy (non-hydrogen) atoms. The molecule has 1 heterocycles. The second-order valence-electron chi connectivity index (χ2n) is 4.24. The number of aliphatic hydroxyl groups is 1. The number of aromatic nitrogens is 2. The molecule has 2 rings (SSSR count). The van der Waals surface area contributed by atoms with E-state index in [1.165, 1.54) is 0 Å². The van der Waals surface area contributed by atoms with Gasteiger partial charge in [-0.1, -0.05) is 12.1 Å². The van der Waals surface area contributed by atoms with Gasteiger partial charge in [-0.3, -0.25) is 0 Å². The Kier molecular flexibility index (Phi) is 4.41. The Morgan fingerprint density at radius 3 is 2.68 bits per heavy atom. The van der Waals surface area contributed by atoms with Gasteiger partial charge in [0.1, 0.15) is 18.5 Å². The molecule has 0 aliphatic carbocycles. The van der Waals surface area contributed by atoms with E-state index < -0.39 is 6.10 Å². The molecule has 1 atom stereocenters. The summed E-state index contributed by atoms with van der Waals surface area (Å²) in [6.07, 6.45) is 2.95. The fourth-order valence-electron chi connectivity index (χ4n) is 1.80. The second kappa shape index (κ2) is 6.24. The zero-order valence-electron chi connectivity index (χ0n) is 11.1. The molecule has 0 aliphatic rings. The van der Waals surface area contributed by atoms with E-state index in [0.717, 1.165) is 5.82 Å². The van der Waals surface area contributed by atoms with E-state index in [-0.39, 0.29) is 6.61 Å². The molecule has 1 N–H and O–H groups in total. The Morgan fingerprint density at radius 1 is 1.32 bits per heavy atom. The lowest BCUT2D eigenvalue weighted by Gasteiger charge is -2.15. The highest BCUT2D eigenvalue weighted by Crippen LogP contribution is 2.25. The predicted molar refractivity (Wildman–Crippen MR) is 71.5 cm³/mol. The summed E-state index contributed by atoms with van der Waals surface area (Å²) >= 11 is 0. The number of nitrogens with zero attached hydrogens (tertiary/aromatic N) is 2. The molecular weight excluding hydrogens is 244 g/mol. The van der Waals surface area contributed by atoms with Crippen molar-refractivity contribution in [1.82, 2.24) is 9.55 Å². The van der Waals surface area contributed by atoms with Crippen molar-refractivity contribution in [3.05, 3.63) is 42.5 Å². The SMILES string of the molecule is COc1ccccc1OC[C@H](O)Cn1ccnc1C. The normalized spacial score (nSPS) is 12.2. The molecule has 5 heteroatoms. The summed E-state index contributed by atoms with van der Waals surface area (Å²) in [5, 5.41) is 9.96. The van der Waals surface area contributed by atoms with Crippen LogP contribution < -0.4 is 9.47 Å². The van der Waals surface area contributed by atoms with Crippen LogP contribution in [-0.4, -0.2) is 34.5 Å². The number of aliphatic hydroxyl groups excluding tert-OH is 1. The molecule has 0 amide bonds. The summed E-state index contributed by atoms with van der Waals surface area (Å²) in [6, 6.07) is 7.37. The summed E-state index contributed by atoms with van der Waals surface area (Å²) in [5.41, 5.74) is 0. The van der Waals surface area contributed by atoms with Gasteiger partial charge in [0.25, 0.3) is 0 Å². The average molecular weight is 262 g/mol. The van der Waals surface area contributed by atoms with E-state index in [4.69, 9.17) is 9.47 Å². The fourth-order valence-corrected chi connectivity index (χ4v) is 1.80.